The number of nitrogens with zero attached hydrogens (tertiary/aromatic N) is 3. The second kappa shape index (κ2) is 8.40. The van der Waals surface area contributed by atoms with Crippen LogP contribution in [0.4, 0.5) is 5.13 Å². The van der Waals surface area contributed by atoms with Crippen molar-refractivity contribution in [1.82, 2.24) is 14.7 Å². The Morgan fingerprint density at radius 1 is 1.59 bits per heavy atom. The molecule has 2 rings (SSSR count). The molecule has 6 nitrogen and oxygen atoms in total. The number of rotatable bonds is 7. The molecule has 8 heteroatoms. The summed E-state index contributed by atoms with van der Waals surface area (Å²) in [5, 5.41) is 8.43. The second-order valence-corrected chi connectivity index (χ2v) is 6.75. The van der Waals surface area contributed by atoms with Gasteiger partial charge in [0.15, 0.2) is 3.95 Å². The van der Waals surface area contributed by atoms with E-state index < -0.39 is 0 Å². The van der Waals surface area contributed by atoms with Gasteiger partial charge in [0.1, 0.15) is 0 Å². The lowest BCUT2D eigenvalue weighted by molar-refractivity contribution is -0.149. The normalized spacial score (nSPS) is 16.4. The zero-order valence-electron chi connectivity index (χ0n) is 12.8. The monoisotopic (exact) mass is 342 g/mol. The Morgan fingerprint density at radius 3 is 2.95 bits per heavy atom. The molecule has 1 fully saturated rings. The zero-order valence-corrected chi connectivity index (χ0v) is 14.4. The van der Waals surface area contributed by atoms with Gasteiger partial charge in [0.05, 0.1) is 19.2 Å². The van der Waals surface area contributed by atoms with Crippen LogP contribution in [-0.2, 0) is 16.2 Å². The van der Waals surface area contributed by atoms with Gasteiger partial charge in [0.2, 0.25) is 5.13 Å². The van der Waals surface area contributed by atoms with Crippen molar-refractivity contribution < 1.29 is 9.53 Å². The molecule has 0 atom stereocenters. The van der Waals surface area contributed by atoms with Crippen LogP contribution in [0.5, 0.6) is 0 Å². The Morgan fingerprint density at radius 2 is 2.32 bits per heavy atom. The van der Waals surface area contributed by atoms with Crippen molar-refractivity contribution in [3.63, 3.8) is 0 Å². The van der Waals surface area contributed by atoms with E-state index in [2.05, 4.69) is 21.9 Å². The van der Waals surface area contributed by atoms with E-state index >= 15 is 0 Å². The highest BCUT2D eigenvalue weighted by Crippen LogP contribution is 2.20. The first-order valence-corrected chi connectivity index (χ1v) is 8.68. The number of likely N-dealkylation sites (tertiary alicyclic amines) is 1. The summed E-state index contributed by atoms with van der Waals surface area (Å²) in [5.74, 6) is -0.0345. The maximum absolute atomic E-state index is 11.7. The molecule has 0 bridgehead atoms. The minimum absolute atomic E-state index is 0.0319. The number of aromatic nitrogens is 2. The van der Waals surface area contributed by atoms with Crippen LogP contribution >= 0.6 is 23.6 Å². The van der Waals surface area contributed by atoms with Crippen LogP contribution in [0, 0.1) is 9.87 Å². The van der Waals surface area contributed by atoms with Gasteiger partial charge < -0.3 is 10.1 Å². The van der Waals surface area contributed by atoms with Gasteiger partial charge in [-0.25, -0.2) is 4.68 Å². The van der Waals surface area contributed by atoms with E-state index in [9.17, 15) is 4.79 Å². The van der Waals surface area contributed by atoms with Crippen molar-refractivity contribution in [2.75, 3.05) is 31.6 Å². The van der Waals surface area contributed by atoms with Crippen molar-refractivity contribution >= 4 is 34.7 Å². The number of hydrogen-bond acceptors (Lipinski definition) is 7. The molecule has 0 aliphatic carbocycles. The van der Waals surface area contributed by atoms with Gasteiger partial charge in [-0.3, -0.25) is 9.69 Å². The Labute approximate surface area is 139 Å². The summed E-state index contributed by atoms with van der Waals surface area (Å²) in [6.45, 7) is 9.02. The fourth-order valence-corrected chi connectivity index (χ4v) is 3.39. The highest BCUT2D eigenvalue weighted by molar-refractivity contribution is 7.73. The Balaban J connectivity index is 1.85. The molecule has 0 unspecified atom stereocenters. The summed E-state index contributed by atoms with van der Waals surface area (Å²) in [5.41, 5.74) is 0. The summed E-state index contributed by atoms with van der Waals surface area (Å²) in [6, 6.07) is 0. The number of esters is 1. The number of anilines is 1. The molecule has 1 aromatic rings. The molecule has 2 heterocycles. The maximum Gasteiger partial charge on any atom is 0.309 e. The molecular formula is C14H22N4O2S2. The first-order chi connectivity index (χ1) is 10.6. The highest BCUT2D eigenvalue weighted by atomic mass is 32.1. The molecule has 1 aliphatic rings. The molecule has 0 amide bonds. The number of carbonyl (C=O) groups excluding carboxylic acids is 1. The first kappa shape index (κ1) is 17.1. The third-order valence-corrected chi connectivity index (χ3v) is 4.81. The summed E-state index contributed by atoms with van der Waals surface area (Å²) in [4.78, 5) is 14.0. The summed E-state index contributed by atoms with van der Waals surface area (Å²) >= 11 is 6.81. The average Bonchev–Trinajstić information content (AvgIpc) is 2.86. The van der Waals surface area contributed by atoms with Crippen LogP contribution in [-0.4, -0.2) is 46.9 Å². The molecule has 122 valence electrons. The second-order valence-electron chi connectivity index (χ2n) is 5.13. The molecule has 1 aliphatic heterocycles. The fourth-order valence-electron chi connectivity index (χ4n) is 2.39. The first-order valence-electron chi connectivity index (χ1n) is 7.45. The molecule has 22 heavy (non-hydrogen) atoms. The van der Waals surface area contributed by atoms with E-state index in [1.807, 2.05) is 11.6 Å². The fraction of sp³-hybridized carbons (Fsp3) is 0.643. The minimum atomic E-state index is -0.0664. The molecule has 1 N–H and O–H groups in total. The van der Waals surface area contributed by atoms with E-state index in [-0.39, 0.29) is 11.9 Å². The third-order valence-electron chi connectivity index (χ3n) is 3.55. The third kappa shape index (κ3) is 4.62. The molecule has 0 aromatic carbocycles. The predicted octanol–water partition coefficient (Wildman–Crippen LogP) is 2.50. The van der Waals surface area contributed by atoms with Crippen molar-refractivity contribution in [2.24, 2.45) is 5.92 Å². The van der Waals surface area contributed by atoms with Gasteiger partial charge >= 0.3 is 5.97 Å². The number of hydrogen-bond donors (Lipinski definition) is 1. The predicted molar refractivity (Wildman–Crippen MR) is 90.6 cm³/mol. The standard InChI is InChI=1S/C14H22N4O2S2/c1-3-7-15-13-16-18(14(21)22-13)10-17-8-5-11(6-9-17)12(19)20-4-2/h3,11H,1,4-10H2,2H3,(H,15,16). The molecule has 1 saturated heterocycles. The van der Waals surface area contributed by atoms with E-state index in [0.29, 0.717) is 19.8 Å². The summed E-state index contributed by atoms with van der Waals surface area (Å²) in [7, 11) is 0. The van der Waals surface area contributed by atoms with Crippen molar-refractivity contribution in [2.45, 2.75) is 26.4 Å². The van der Waals surface area contributed by atoms with Gasteiger partial charge in [0, 0.05) is 19.6 Å². The van der Waals surface area contributed by atoms with E-state index in [4.69, 9.17) is 17.0 Å². The molecule has 0 radical (unpaired) electrons. The average molecular weight is 342 g/mol. The summed E-state index contributed by atoms with van der Waals surface area (Å²) < 4.78 is 7.67. The molecule has 1 aromatic heterocycles. The van der Waals surface area contributed by atoms with E-state index in [0.717, 1.165) is 35.0 Å². The Bertz CT molecular complexity index is 561. The molecular weight excluding hydrogens is 320 g/mol. The van der Waals surface area contributed by atoms with E-state index in [1.54, 1.807) is 6.08 Å². The Hall–Kier alpha value is -1.25. The highest BCUT2D eigenvalue weighted by Gasteiger charge is 2.26. The number of nitrogens with one attached hydrogen (secondary N) is 1. The van der Waals surface area contributed by atoms with Crippen LogP contribution in [0.1, 0.15) is 19.8 Å². The largest absolute Gasteiger partial charge is 0.466 e. The van der Waals surface area contributed by atoms with Gasteiger partial charge in [-0.15, -0.1) is 11.7 Å². The van der Waals surface area contributed by atoms with Gasteiger partial charge in [0.25, 0.3) is 0 Å². The SMILES string of the molecule is C=CCNc1nn(CN2CCC(C(=O)OCC)CC2)c(=S)s1. The van der Waals surface area contributed by atoms with Crippen LogP contribution in [0.25, 0.3) is 0 Å². The van der Waals surface area contributed by atoms with E-state index in [1.165, 1.54) is 11.3 Å². The number of carbonyl (C=O) groups is 1. The molecule has 0 spiro atoms. The minimum Gasteiger partial charge on any atom is -0.466 e. The maximum atomic E-state index is 11.7. The number of ether oxygens (including phenoxy) is 1. The summed E-state index contributed by atoms with van der Waals surface area (Å²) in [6.07, 6.45) is 3.45. The van der Waals surface area contributed by atoms with Gasteiger partial charge in [-0.05, 0) is 32.0 Å². The smallest absolute Gasteiger partial charge is 0.309 e. The van der Waals surface area contributed by atoms with Crippen LogP contribution in [0.2, 0.25) is 0 Å². The lowest BCUT2D eigenvalue weighted by Crippen LogP contribution is -2.38. The van der Waals surface area contributed by atoms with Crippen LogP contribution in [0.3, 0.4) is 0 Å². The lowest BCUT2D eigenvalue weighted by atomic mass is 9.97. The van der Waals surface area contributed by atoms with Crippen molar-refractivity contribution in [3.8, 4) is 0 Å². The zero-order chi connectivity index (χ0) is 15.9. The Kier molecular flexibility index (Phi) is 6.53. The van der Waals surface area contributed by atoms with Crippen LogP contribution in [0.15, 0.2) is 12.7 Å². The molecule has 0 saturated carbocycles. The number of piperidine rings is 1. The van der Waals surface area contributed by atoms with Crippen molar-refractivity contribution in [3.05, 3.63) is 16.6 Å². The van der Waals surface area contributed by atoms with Gasteiger partial charge in [-0.1, -0.05) is 17.4 Å². The quantitative estimate of drug-likeness (QED) is 0.467. The van der Waals surface area contributed by atoms with Gasteiger partial charge in [-0.2, -0.15) is 0 Å². The van der Waals surface area contributed by atoms with Crippen molar-refractivity contribution in [1.29, 1.82) is 0 Å². The lowest BCUT2D eigenvalue weighted by Gasteiger charge is -2.30. The van der Waals surface area contributed by atoms with Crippen LogP contribution < -0.4 is 5.32 Å². The topological polar surface area (TPSA) is 59.4 Å².